The van der Waals surface area contributed by atoms with Crippen LogP contribution >= 0.6 is 0 Å². The zero-order chi connectivity index (χ0) is 12.7. The Morgan fingerprint density at radius 3 is 2.53 bits per heavy atom. The third-order valence-corrected chi connectivity index (χ3v) is 3.67. The Bertz CT molecular complexity index is 194. The molecule has 0 aromatic heterocycles. The largest absolute Gasteiger partial charge is 0.316 e. The van der Waals surface area contributed by atoms with Gasteiger partial charge in [0.25, 0.3) is 0 Å². The van der Waals surface area contributed by atoms with Gasteiger partial charge >= 0.3 is 0 Å². The van der Waals surface area contributed by atoms with E-state index in [0.29, 0.717) is 0 Å². The van der Waals surface area contributed by atoms with Crippen molar-refractivity contribution in [2.45, 2.75) is 39.7 Å². The molecular formula is C14H31N3. The van der Waals surface area contributed by atoms with Crippen LogP contribution in [0.15, 0.2) is 0 Å². The second-order valence-corrected chi connectivity index (χ2v) is 5.93. The SMILES string of the molecule is CC(C)CNCCC(C)N1CCCN(C)CC1. The number of rotatable bonds is 6. The van der Waals surface area contributed by atoms with Gasteiger partial charge in [0.05, 0.1) is 0 Å². The van der Waals surface area contributed by atoms with Crippen molar-refractivity contribution in [2.24, 2.45) is 5.92 Å². The van der Waals surface area contributed by atoms with Crippen molar-refractivity contribution in [2.75, 3.05) is 46.3 Å². The van der Waals surface area contributed by atoms with Crippen LogP contribution in [0, 0.1) is 5.92 Å². The van der Waals surface area contributed by atoms with Crippen molar-refractivity contribution in [1.82, 2.24) is 15.1 Å². The number of likely N-dealkylation sites (N-methyl/N-ethyl adjacent to an activating group) is 1. The molecule has 3 heteroatoms. The van der Waals surface area contributed by atoms with Crippen LogP contribution in [-0.2, 0) is 0 Å². The van der Waals surface area contributed by atoms with E-state index in [1.54, 1.807) is 0 Å². The van der Waals surface area contributed by atoms with Gasteiger partial charge in [-0.25, -0.2) is 0 Å². The molecule has 1 aliphatic rings. The Kier molecular flexibility index (Phi) is 7.09. The summed E-state index contributed by atoms with van der Waals surface area (Å²) < 4.78 is 0. The van der Waals surface area contributed by atoms with Gasteiger partial charge in [-0.15, -0.1) is 0 Å². The maximum Gasteiger partial charge on any atom is 0.0112 e. The van der Waals surface area contributed by atoms with Gasteiger partial charge in [-0.1, -0.05) is 13.8 Å². The minimum absolute atomic E-state index is 0.723. The number of nitrogens with one attached hydrogen (secondary N) is 1. The quantitative estimate of drug-likeness (QED) is 0.713. The van der Waals surface area contributed by atoms with E-state index >= 15 is 0 Å². The van der Waals surface area contributed by atoms with Crippen molar-refractivity contribution < 1.29 is 0 Å². The molecule has 0 saturated carbocycles. The van der Waals surface area contributed by atoms with Gasteiger partial charge < -0.3 is 10.2 Å². The number of nitrogens with zero attached hydrogens (tertiary/aromatic N) is 2. The average molecular weight is 241 g/mol. The fraction of sp³-hybridized carbons (Fsp3) is 1.00. The minimum Gasteiger partial charge on any atom is -0.316 e. The van der Waals surface area contributed by atoms with E-state index in [0.717, 1.165) is 25.0 Å². The van der Waals surface area contributed by atoms with E-state index in [1.165, 1.54) is 39.0 Å². The maximum atomic E-state index is 3.54. The summed E-state index contributed by atoms with van der Waals surface area (Å²) in [4.78, 5) is 5.10. The number of hydrogen-bond acceptors (Lipinski definition) is 3. The maximum absolute atomic E-state index is 3.54. The highest BCUT2D eigenvalue weighted by Gasteiger charge is 2.16. The standard InChI is InChI=1S/C14H31N3/c1-13(2)12-15-7-6-14(3)17-9-5-8-16(4)10-11-17/h13-15H,5-12H2,1-4H3. The van der Waals surface area contributed by atoms with Crippen LogP contribution in [0.2, 0.25) is 0 Å². The van der Waals surface area contributed by atoms with Gasteiger partial charge in [0.15, 0.2) is 0 Å². The Morgan fingerprint density at radius 2 is 1.82 bits per heavy atom. The van der Waals surface area contributed by atoms with Crippen molar-refractivity contribution in [3.63, 3.8) is 0 Å². The predicted molar refractivity (Wildman–Crippen MR) is 75.5 cm³/mol. The van der Waals surface area contributed by atoms with Crippen molar-refractivity contribution >= 4 is 0 Å². The summed E-state index contributed by atoms with van der Waals surface area (Å²) in [7, 11) is 2.23. The van der Waals surface area contributed by atoms with Crippen LogP contribution in [0.1, 0.15) is 33.6 Å². The molecule has 0 bridgehead atoms. The summed E-state index contributed by atoms with van der Waals surface area (Å²) in [5.41, 5.74) is 0. The highest BCUT2D eigenvalue weighted by molar-refractivity contribution is 4.73. The molecule has 3 nitrogen and oxygen atoms in total. The third-order valence-electron chi connectivity index (χ3n) is 3.67. The summed E-state index contributed by atoms with van der Waals surface area (Å²) in [5.74, 6) is 0.761. The summed E-state index contributed by atoms with van der Waals surface area (Å²) in [6, 6.07) is 0.723. The first-order chi connectivity index (χ1) is 8.09. The lowest BCUT2D eigenvalue weighted by atomic mass is 10.1. The molecule has 0 aromatic carbocycles. The second-order valence-electron chi connectivity index (χ2n) is 5.93. The minimum atomic E-state index is 0.723. The highest BCUT2D eigenvalue weighted by atomic mass is 15.2. The van der Waals surface area contributed by atoms with E-state index in [-0.39, 0.29) is 0 Å². The van der Waals surface area contributed by atoms with Gasteiger partial charge in [0.2, 0.25) is 0 Å². The highest BCUT2D eigenvalue weighted by Crippen LogP contribution is 2.08. The molecule has 0 aromatic rings. The zero-order valence-corrected chi connectivity index (χ0v) is 12.2. The first-order valence-electron chi connectivity index (χ1n) is 7.23. The molecule has 0 spiro atoms. The fourth-order valence-electron chi connectivity index (χ4n) is 2.39. The van der Waals surface area contributed by atoms with Gasteiger partial charge in [0.1, 0.15) is 0 Å². The van der Waals surface area contributed by atoms with Crippen LogP contribution in [0.4, 0.5) is 0 Å². The summed E-state index contributed by atoms with van der Waals surface area (Å²) >= 11 is 0. The Balaban J connectivity index is 2.15. The molecule has 1 rings (SSSR count). The zero-order valence-electron chi connectivity index (χ0n) is 12.2. The lowest BCUT2D eigenvalue weighted by Crippen LogP contribution is -2.38. The van der Waals surface area contributed by atoms with E-state index in [4.69, 9.17) is 0 Å². The molecule has 1 N–H and O–H groups in total. The van der Waals surface area contributed by atoms with Gasteiger partial charge in [0, 0.05) is 19.1 Å². The van der Waals surface area contributed by atoms with Gasteiger partial charge in [-0.05, 0) is 58.9 Å². The van der Waals surface area contributed by atoms with Crippen molar-refractivity contribution in [3.05, 3.63) is 0 Å². The second kappa shape index (κ2) is 8.06. The average Bonchev–Trinajstić information content (AvgIpc) is 2.49. The van der Waals surface area contributed by atoms with Crippen molar-refractivity contribution in [3.8, 4) is 0 Å². The first-order valence-corrected chi connectivity index (χ1v) is 7.23. The molecule has 17 heavy (non-hydrogen) atoms. The Labute approximate surface area is 108 Å². The molecule has 1 unspecified atom stereocenters. The lowest BCUT2D eigenvalue weighted by molar-refractivity contribution is 0.204. The van der Waals surface area contributed by atoms with Crippen molar-refractivity contribution in [1.29, 1.82) is 0 Å². The van der Waals surface area contributed by atoms with E-state index in [1.807, 2.05) is 0 Å². The first kappa shape index (κ1) is 14.9. The molecule has 0 aliphatic carbocycles. The van der Waals surface area contributed by atoms with E-state index < -0.39 is 0 Å². The molecule has 1 aliphatic heterocycles. The van der Waals surface area contributed by atoms with Crippen LogP contribution in [-0.4, -0.2) is 62.2 Å². The molecule has 0 amide bonds. The van der Waals surface area contributed by atoms with E-state index in [2.05, 4.69) is 42.9 Å². The predicted octanol–water partition coefficient (Wildman–Crippen LogP) is 1.65. The molecule has 1 saturated heterocycles. The molecular weight excluding hydrogens is 210 g/mol. The topological polar surface area (TPSA) is 18.5 Å². The summed E-state index contributed by atoms with van der Waals surface area (Å²) in [6.07, 6.45) is 2.59. The van der Waals surface area contributed by atoms with Crippen LogP contribution in [0.25, 0.3) is 0 Å². The monoisotopic (exact) mass is 241 g/mol. The van der Waals surface area contributed by atoms with Gasteiger partial charge in [-0.3, -0.25) is 4.90 Å². The molecule has 0 radical (unpaired) electrons. The normalized spacial score (nSPS) is 21.7. The fourth-order valence-corrected chi connectivity index (χ4v) is 2.39. The third kappa shape index (κ3) is 6.39. The van der Waals surface area contributed by atoms with E-state index in [9.17, 15) is 0 Å². The molecule has 102 valence electrons. The number of hydrogen-bond donors (Lipinski definition) is 1. The summed E-state index contributed by atoms with van der Waals surface area (Å²) in [6.45, 7) is 14.2. The smallest absolute Gasteiger partial charge is 0.0112 e. The molecule has 1 atom stereocenters. The lowest BCUT2D eigenvalue weighted by Gasteiger charge is -2.27. The Hall–Kier alpha value is -0.120. The van der Waals surface area contributed by atoms with Gasteiger partial charge in [-0.2, -0.15) is 0 Å². The molecule has 1 fully saturated rings. The summed E-state index contributed by atoms with van der Waals surface area (Å²) in [5, 5.41) is 3.54. The van der Waals surface area contributed by atoms with Crippen LogP contribution < -0.4 is 5.32 Å². The Morgan fingerprint density at radius 1 is 1.06 bits per heavy atom. The molecule has 1 heterocycles. The van der Waals surface area contributed by atoms with Crippen LogP contribution in [0.3, 0.4) is 0 Å². The van der Waals surface area contributed by atoms with Crippen LogP contribution in [0.5, 0.6) is 0 Å².